The zero-order valence-corrected chi connectivity index (χ0v) is 10.3. The van der Waals surface area contributed by atoms with Crippen LogP contribution in [0.4, 0.5) is 0 Å². The maximum atomic E-state index is 11.6. The summed E-state index contributed by atoms with van der Waals surface area (Å²) in [5, 5.41) is 2.62. The summed E-state index contributed by atoms with van der Waals surface area (Å²) in [6, 6.07) is 8.88. The Morgan fingerprint density at radius 3 is 2.29 bits per heavy atom. The van der Waals surface area contributed by atoms with Crippen LogP contribution in [0.5, 0.6) is 0 Å². The third kappa shape index (κ3) is 3.59. The SMILES string of the molecule is COC(=O)[C@@H](NC(C)=O)[C@@H](C)c1ccccc1. The van der Waals surface area contributed by atoms with Gasteiger partial charge in [-0.1, -0.05) is 37.3 Å². The van der Waals surface area contributed by atoms with E-state index < -0.39 is 12.0 Å². The molecule has 0 heterocycles. The van der Waals surface area contributed by atoms with Crippen molar-refractivity contribution in [2.75, 3.05) is 7.11 Å². The van der Waals surface area contributed by atoms with E-state index in [9.17, 15) is 9.59 Å². The Kier molecular flexibility index (Phi) is 4.69. The molecule has 0 fully saturated rings. The Labute approximate surface area is 101 Å². The molecule has 1 N–H and O–H groups in total. The number of nitrogens with one attached hydrogen (secondary N) is 1. The summed E-state index contributed by atoms with van der Waals surface area (Å²) in [5.41, 5.74) is 0.983. The van der Waals surface area contributed by atoms with E-state index >= 15 is 0 Å². The second kappa shape index (κ2) is 6.03. The molecule has 0 bridgehead atoms. The van der Waals surface area contributed by atoms with Gasteiger partial charge in [0.1, 0.15) is 6.04 Å². The van der Waals surface area contributed by atoms with Gasteiger partial charge in [0.25, 0.3) is 0 Å². The molecule has 0 aliphatic rings. The second-order valence-corrected chi connectivity index (χ2v) is 3.90. The van der Waals surface area contributed by atoms with Crippen molar-refractivity contribution in [2.45, 2.75) is 25.8 Å². The van der Waals surface area contributed by atoms with Crippen molar-refractivity contribution in [2.24, 2.45) is 0 Å². The van der Waals surface area contributed by atoms with Crippen molar-refractivity contribution in [3.05, 3.63) is 35.9 Å². The van der Waals surface area contributed by atoms with Gasteiger partial charge in [-0.05, 0) is 5.56 Å². The minimum absolute atomic E-state index is 0.132. The van der Waals surface area contributed by atoms with Gasteiger partial charge in [0.2, 0.25) is 5.91 Å². The van der Waals surface area contributed by atoms with E-state index in [2.05, 4.69) is 5.32 Å². The number of carbonyl (C=O) groups is 2. The molecule has 1 aromatic carbocycles. The smallest absolute Gasteiger partial charge is 0.328 e. The van der Waals surface area contributed by atoms with Gasteiger partial charge in [0, 0.05) is 12.8 Å². The van der Waals surface area contributed by atoms with Crippen molar-refractivity contribution in [1.82, 2.24) is 5.32 Å². The predicted molar refractivity (Wildman–Crippen MR) is 64.5 cm³/mol. The highest BCUT2D eigenvalue weighted by molar-refractivity contribution is 5.84. The number of ether oxygens (including phenoxy) is 1. The third-order valence-corrected chi connectivity index (χ3v) is 2.64. The Morgan fingerprint density at radius 2 is 1.82 bits per heavy atom. The molecule has 4 heteroatoms. The van der Waals surface area contributed by atoms with Crippen LogP contribution >= 0.6 is 0 Å². The topological polar surface area (TPSA) is 55.4 Å². The maximum absolute atomic E-state index is 11.6. The number of rotatable bonds is 4. The van der Waals surface area contributed by atoms with E-state index in [0.29, 0.717) is 0 Å². The number of carbonyl (C=O) groups excluding carboxylic acids is 2. The molecule has 17 heavy (non-hydrogen) atoms. The molecule has 0 radical (unpaired) electrons. The first-order chi connectivity index (χ1) is 8.06. The van der Waals surface area contributed by atoms with Gasteiger partial charge in [-0.25, -0.2) is 4.79 Å². The average Bonchev–Trinajstić information content (AvgIpc) is 2.35. The van der Waals surface area contributed by atoms with Crippen LogP contribution in [0.25, 0.3) is 0 Å². The van der Waals surface area contributed by atoms with Crippen molar-refractivity contribution >= 4 is 11.9 Å². The Balaban J connectivity index is 2.90. The van der Waals surface area contributed by atoms with Gasteiger partial charge in [0.15, 0.2) is 0 Å². The van der Waals surface area contributed by atoms with E-state index in [1.54, 1.807) is 0 Å². The van der Waals surface area contributed by atoms with E-state index in [-0.39, 0.29) is 11.8 Å². The lowest BCUT2D eigenvalue weighted by Crippen LogP contribution is -2.43. The molecule has 0 spiro atoms. The first-order valence-electron chi connectivity index (χ1n) is 5.46. The molecule has 0 aliphatic heterocycles. The van der Waals surface area contributed by atoms with Gasteiger partial charge in [-0.15, -0.1) is 0 Å². The standard InChI is InChI=1S/C13H17NO3/c1-9(11-7-5-4-6-8-11)12(13(16)17-3)14-10(2)15/h4-9,12H,1-3H3,(H,14,15)/t9-,12-/m0/s1. The molecule has 4 nitrogen and oxygen atoms in total. The summed E-state index contributed by atoms with van der Waals surface area (Å²) < 4.78 is 4.70. The number of benzene rings is 1. The van der Waals surface area contributed by atoms with Crippen molar-refractivity contribution in [3.8, 4) is 0 Å². The summed E-state index contributed by atoms with van der Waals surface area (Å²) in [6.45, 7) is 3.26. The lowest BCUT2D eigenvalue weighted by atomic mass is 9.93. The number of hydrogen-bond donors (Lipinski definition) is 1. The van der Waals surface area contributed by atoms with E-state index in [1.807, 2.05) is 37.3 Å². The largest absolute Gasteiger partial charge is 0.467 e. The minimum Gasteiger partial charge on any atom is -0.467 e. The highest BCUT2D eigenvalue weighted by Crippen LogP contribution is 2.19. The van der Waals surface area contributed by atoms with Crippen molar-refractivity contribution in [3.63, 3.8) is 0 Å². The Bertz CT molecular complexity index is 389. The molecule has 0 aliphatic carbocycles. The predicted octanol–water partition coefficient (Wildman–Crippen LogP) is 1.47. The quantitative estimate of drug-likeness (QED) is 0.804. The summed E-state index contributed by atoms with van der Waals surface area (Å²) >= 11 is 0. The van der Waals surface area contributed by atoms with Crippen LogP contribution in [0.1, 0.15) is 25.3 Å². The molecule has 1 amide bonds. The van der Waals surface area contributed by atoms with Crippen LogP contribution in [0.3, 0.4) is 0 Å². The zero-order chi connectivity index (χ0) is 12.8. The molecule has 0 unspecified atom stereocenters. The van der Waals surface area contributed by atoms with Gasteiger partial charge >= 0.3 is 5.97 Å². The van der Waals surface area contributed by atoms with Crippen LogP contribution < -0.4 is 5.32 Å². The fourth-order valence-electron chi connectivity index (χ4n) is 1.68. The van der Waals surface area contributed by atoms with Gasteiger partial charge in [0.05, 0.1) is 7.11 Å². The van der Waals surface area contributed by atoms with E-state index in [4.69, 9.17) is 4.74 Å². The Hall–Kier alpha value is -1.84. The van der Waals surface area contributed by atoms with E-state index in [1.165, 1.54) is 14.0 Å². The maximum Gasteiger partial charge on any atom is 0.328 e. The van der Waals surface area contributed by atoms with Gasteiger partial charge in [-0.2, -0.15) is 0 Å². The molecule has 0 saturated carbocycles. The zero-order valence-electron chi connectivity index (χ0n) is 10.3. The molecular formula is C13H17NO3. The first-order valence-corrected chi connectivity index (χ1v) is 5.46. The molecular weight excluding hydrogens is 218 g/mol. The summed E-state index contributed by atoms with van der Waals surface area (Å²) in [5.74, 6) is -0.813. The van der Waals surface area contributed by atoms with Gasteiger partial charge < -0.3 is 10.1 Å². The fraction of sp³-hybridized carbons (Fsp3) is 0.385. The second-order valence-electron chi connectivity index (χ2n) is 3.90. The number of esters is 1. The number of amides is 1. The van der Waals surface area contributed by atoms with Crippen LogP contribution in [-0.4, -0.2) is 25.0 Å². The Morgan fingerprint density at radius 1 is 1.24 bits per heavy atom. The lowest BCUT2D eigenvalue weighted by Gasteiger charge is -2.22. The van der Waals surface area contributed by atoms with Crippen molar-refractivity contribution < 1.29 is 14.3 Å². The molecule has 0 aromatic heterocycles. The summed E-state index contributed by atoms with van der Waals surface area (Å²) in [7, 11) is 1.31. The lowest BCUT2D eigenvalue weighted by molar-refractivity contribution is -0.145. The number of methoxy groups -OCH3 is 1. The molecule has 0 saturated heterocycles. The third-order valence-electron chi connectivity index (χ3n) is 2.64. The average molecular weight is 235 g/mol. The molecule has 1 rings (SSSR count). The van der Waals surface area contributed by atoms with Crippen molar-refractivity contribution in [1.29, 1.82) is 0 Å². The minimum atomic E-state index is -0.653. The highest BCUT2D eigenvalue weighted by Gasteiger charge is 2.27. The monoisotopic (exact) mass is 235 g/mol. The number of hydrogen-bond acceptors (Lipinski definition) is 3. The van der Waals surface area contributed by atoms with Gasteiger partial charge in [-0.3, -0.25) is 4.79 Å². The van der Waals surface area contributed by atoms with E-state index in [0.717, 1.165) is 5.56 Å². The normalized spacial score (nSPS) is 13.6. The van der Waals surface area contributed by atoms with Crippen LogP contribution in [0.15, 0.2) is 30.3 Å². The molecule has 92 valence electrons. The first kappa shape index (κ1) is 13.2. The van der Waals surface area contributed by atoms with Crippen LogP contribution in [-0.2, 0) is 14.3 Å². The summed E-state index contributed by atoms with van der Waals surface area (Å²) in [4.78, 5) is 22.7. The van der Waals surface area contributed by atoms with Crippen LogP contribution in [0, 0.1) is 0 Å². The van der Waals surface area contributed by atoms with Crippen LogP contribution in [0.2, 0.25) is 0 Å². The fourth-order valence-corrected chi connectivity index (χ4v) is 1.68. The molecule has 2 atom stereocenters. The summed E-state index contributed by atoms with van der Waals surface area (Å²) in [6.07, 6.45) is 0. The molecule has 1 aromatic rings. The highest BCUT2D eigenvalue weighted by atomic mass is 16.5.